The Morgan fingerprint density at radius 2 is 1.83 bits per heavy atom. The summed E-state index contributed by atoms with van der Waals surface area (Å²) < 4.78 is 0. The molecule has 0 spiro atoms. The molecule has 0 saturated carbocycles. The van der Waals surface area contributed by atoms with Crippen molar-refractivity contribution in [2.45, 2.75) is 18.9 Å². The minimum absolute atomic E-state index is 0.0246. The van der Waals surface area contributed by atoms with Gasteiger partial charge in [-0.2, -0.15) is 0 Å². The van der Waals surface area contributed by atoms with E-state index in [4.69, 9.17) is 10.8 Å². The number of nitrogens with one attached hydrogen (secondary N) is 1. The second-order valence-corrected chi connectivity index (χ2v) is 3.74. The van der Waals surface area contributed by atoms with Crippen molar-refractivity contribution >= 4 is 17.8 Å². The molecule has 0 aliphatic heterocycles. The first-order valence-corrected chi connectivity index (χ1v) is 5.37. The number of carboxylic acids is 1. The molecule has 1 aromatic rings. The Labute approximate surface area is 104 Å². The van der Waals surface area contributed by atoms with E-state index in [1.54, 1.807) is 30.3 Å². The maximum Gasteiger partial charge on any atom is 0.326 e. The third-order valence-corrected chi connectivity index (χ3v) is 2.32. The second kappa shape index (κ2) is 6.39. The molecule has 0 aliphatic rings. The minimum atomic E-state index is -1.19. The lowest BCUT2D eigenvalue weighted by atomic mass is 10.1. The highest BCUT2D eigenvalue weighted by Crippen LogP contribution is 2.02. The van der Waals surface area contributed by atoms with Crippen molar-refractivity contribution in [3.05, 3.63) is 35.9 Å². The van der Waals surface area contributed by atoms with Crippen LogP contribution in [0.4, 0.5) is 0 Å². The smallest absolute Gasteiger partial charge is 0.326 e. The summed E-state index contributed by atoms with van der Waals surface area (Å²) >= 11 is 0. The molecule has 0 unspecified atom stereocenters. The molecule has 0 heterocycles. The van der Waals surface area contributed by atoms with Gasteiger partial charge in [-0.25, -0.2) is 4.79 Å². The van der Waals surface area contributed by atoms with Crippen molar-refractivity contribution in [3.8, 4) is 0 Å². The van der Waals surface area contributed by atoms with Crippen molar-refractivity contribution in [3.63, 3.8) is 0 Å². The fraction of sp³-hybridized carbons (Fsp3) is 0.250. The molecule has 4 N–H and O–H groups in total. The number of rotatable bonds is 6. The predicted octanol–water partition coefficient (Wildman–Crippen LogP) is 0.135. The van der Waals surface area contributed by atoms with Crippen LogP contribution >= 0.6 is 0 Å². The Bertz CT molecular complexity index is 445. The first kappa shape index (κ1) is 13.7. The van der Waals surface area contributed by atoms with Crippen LogP contribution in [0, 0.1) is 0 Å². The monoisotopic (exact) mass is 250 g/mol. The molecule has 0 aliphatic carbocycles. The molecular weight excluding hydrogens is 236 g/mol. The van der Waals surface area contributed by atoms with E-state index in [2.05, 4.69) is 5.32 Å². The van der Waals surface area contributed by atoms with Crippen LogP contribution in [-0.4, -0.2) is 28.9 Å². The average Bonchev–Trinajstić information content (AvgIpc) is 2.34. The largest absolute Gasteiger partial charge is 0.480 e. The number of aliphatic carboxylic acids is 1. The Morgan fingerprint density at radius 3 is 2.33 bits per heavy atom. The number of benzene rings is 1. The summed E-state index contributed by atoms with van der Waals surface area (Å²) in [5.74, 6) is -2.29. The van der Waals surface area contributed by atoms with Crippen molar-refractivity contribution in [1.82, 2.24) is 5.32 Å². The summed E-state index contributed by atoms with van der Waals surface area (Å²) in [5.41, 5.74) is 5.30. The average molecular weight is 250 g/mol. The molecular formula is C12H14N2O4. The van der Waals surface area contributed by atoms with Gasteiger partial charge < -0.3 is 16.2 Å². The zero-order valence-corrected chi connectivity index (χ0v) is 9.63. The summed E-state index contributed by atoms with van der Waals surface area (Å²) in [6.07, 6.45) is -0.116. The summed E-state index contributed by atoms with van der Waals surface area (Å²) in [4.78, 5) is 33.2. The van der Waals surface area contributed by atoms with Gasteiger partial charge in [0, 0.05) is 12.0 Å². The number of hydrogen-bond donors (Lipinski definition) is 3. The van der Waals surface area contributed by atoms with Gasteiger partial charge in [0.15, 0.2) is 0 Å². The molecule has 18 heavy (non-hydrogen) atoms. The third-order valence-electron chi connectivity index (χ3n) is 2.32. The number of carbonyl (C=O) groups is 3. The van der Waals surface area contributed by atoms with E-state index in [9.17, 15) is 14.4 Å². The van der Waals surface area contributed by atoms with Crippen LogP contribution in [0.2, 0.25) is 0 Å². The van der Waals surface area contributed by atoms with Gasteiger partial charge in [-0.05, 0) is 18.6 Å². The highest BCUT2D eigenvalue weighted by molar-refractivity contribution is 5.96. The molecule has 0 radical (unpaired) electrons. The first-order chi connectivity index (χ1) is 8.50. The number of carbonyl (C=O) groups excluding carboxylic acids is 2. The molecule has 2 amide bonds. The van der Waals surface area contributed by atoms with Crippen molar-refractivity contribution in [2.75, 3.05) is 0 Å². The van der Waals surface area contributed by atoms with Crippen LogP contribution < -0.4 is 11.1 Å². The zero-order chi connectivity index (χ0) is 13.5. The van der Waals surface area contributed by atoms with Gasteiger partial charge in [-0.15, -0.1) is 0 Å². The maximum atomic E-state index is 11.7. The lowest BCUT2D eigenvalue weighted by molar-refractivity contribution is -0.139. The third kappa shape index (κ3) is 4.25. The standard InChI is InChI=1S/C12H14N2O4/c13-10(15)7-6-9(12(17)18)14-11(16)8-4-2-1-3-5-8/h1-5,9H,6-7H2,(H2,13,15)(H,14,16)(H,17,18)/t9-/m0/s1. The summed E-state index contributed by atoms with van der Waals surface area (Å²) in [7, 11) is 0. The zero-order valence-electron chi connectivity index (χ0n) is 9.63. The van der Waals surface area contributed by atoms with Crippen LogP contribution in [0.3, 0.4) is 0 Å². The molecule has 0 aromatic heterocycles. The molecule has 0 saturated heterocycles. The van der Waals surface area contributed by atoms with E-state index in [-0.39, 0.29) is 12.8 Å². The topological polar surface area (TPSA) is 109 Å². The van der Waals surface area contributed by atoms with Gasteiger partial charge in [0.25, 0.3) is 5.91 Å². The number of amides is 2. The molecule has 0 fully saturated rings. The first-order valence-electron chi connectivity index (χ1n) is 5.37. The van der Waals surface area contributed by atoms with Gasteiger partial charge in [0.05, 0.1) is 0 Å². The molecule has 6 heteroatoms. The van der Waals surface area contributed by atoms with Crippen molar-refractivity contribution in [1.29, 1.82) is 0 Å². The minimum Gasteiger partial charge on any atom is -0.480 e. The van der Waals surface area contributed by atoms with Crippen LogP contribution in [0.15, 0.2) is 30.3 Å². The maximum absolute atomic E-state index is 11.7. The van der Waals surface area contributed by atoms with E-state index >= 15 is 0 Å². The number of hydrogen-bond acceptors (Lipinski definition) is 3. The van der Waals surface area contributed by atoms with E-state index in [1.807, 2.05) is 0 Å². The van der Waals surface area contributed by atoms with E-state index in [1.165, 1.54) is 0 Å². The van der Waals surface area contributed by atoms with Crippen molar-refractivity contribution in [2.24, 2.45) is 5.73 Å². The van der Waals surface area contributed by atoms with E-state index in [0.29, 0.717) is 5.56 Å². The Kier molecular flexibility index (Phi) is 4.86. The van der Waals surface area contributed by atoms with Crippen LogP contribution in [0.1, 0.15) is 23.2 Å². The Balaban J connectivity index is 2.64. The van der Waals surface area contributed by atoms with Gasteiger partial charge >= 0.3 is 5.97 Å². The summed E-state index contributed by atoms with van der Waals surface area (Å²) in [6, 6.07) is 7.12. The highest BCUT2D eigenvalue weighted by Gasteiger charge is 2.20. The quantitative estimate of drug-likeness (QED) is 0.666. The van der Waals surface area contributed by atoms with Gasteiger partial charge in [-0.3, -0.25) is 9.59 Å². The lowest BCUT2D eigenvalue weighted by Crippen LogP contribution is -2.41. The van der Waals surface area contributed by atoms with E-state index < -0.39 is 23.8 Å². The van der Waals surface area contributed by atoms with Crippen LogP contribution in [0.5, 0.6) is 0 Å². The number of nitrogens with two attached hydrogens (primary N) is 1. The van der Waals surface area contributed by atoms with Gasteiger partial charge in [0.2, 0.25) is 5.91 Å². The second-order valence-electron chi connectivity index (χ2n) is 3.74. The molecule has 6 nitrogen and oxygen atoms in total. The Hall–Kier alpha value is -2.37. The molecule has 1 aromatic carbocycles. The van der Waals surface area contributed by atoms with Gasteiger partial charge in [0.1, 0.15) is 6.04 Å². The highest BCUT2D eigenvalue weighted by atomic mass is 16.4. The fourth-order valence-electron chi connectivity index (χ4n) is 1.38. The predicted molar refractivity (Wildman–Crippen MR) is 63.8 cm³/mol. The number of primary amides is 1. The summed E-state index contributed by atoms with van der Waals surface area (Å²) in [5, 5.41) is 11.3. The van der Waals surface area contributed by atoms with Crippen molar-refractivity contribution < 1.29 is 19.5 Å². The molecule has 1 atom stereocenters. The van der Waals surface area contributed by atoms with E-state index in [0.717, 1.165) is 0 Å². The molecule has 96 valence electrons. The number of carboxylic acid groups (broad SMARTS) is 1. The molecule has 0 bridgehead atoms. The summed E-state index contributed by atoms with van der Waals surface area (Å²) in [6.45, 7) is 0. The van der Waals surface area contributed by atoms with Gasteiger partial charge in [-0.1, -0.05) is 18.2 Å². The molecule has 1 rings (SSSR count). The fourth-order valence-corrected chi connectivity index (χ4v) is 1.38. The Morgan fingerprint density at radius 1 is 1.22 bits per heavy atom. The van der Waals surface area contributed by atoms with Crippen LogP contribution in [-0.2, 0) is 9.59 Å². The lowest BCUT2D eigenvalue weighted by Gasteiger charge is -2.13. The van der Waals surface area contributed by atoms with Crippen LogP contribution in [0.25, 0.3) is 0 Å². The normalized spacial score (nSPS) is 11.6. The SMILES string of the molecule is NC(=O)CC[C@H](NC(=O)c1ccccc1)C(=O)O.